The van der Waals surface area contributed by atoms with Crippen LogP contribution in [-0.2, 0) is 0 Å². The number of rotatable bonds is 11. The summed E-state index contributed by atoms with van der Waals surface area (Å²) in [5.74, 6) is 5.90. The standard InChI is InChI=1S/C28H51F/c1-2-3-4-5-6-7-8-23-9-13-25(14-10-23)27-17-19-28(20-18-27)26-15-11-24(12-16-26)21-22-29/h23-28H,2-22H2,1H3. The lowest BCUT2D eigenvalue weighted by Crippen LogP contribution is -2.29. The summed E-state index contributed by atoms with van der Waals surface area (Å²) < 4.78 is 12.6. The molecule has 29 heavy (non-hydrogen) atoms. The van der Waals surface area contributed by atoms with Crippen molar-refractivity contribution in [1.29, 1.82) is 0 Å². The lowest BCUT2D eigenvalue weighted by molar-refractivity contribution is 0.101. The highest BCUT2D eigenvalue weighted by Crippen LogP contribution is 2.46. The van der Waals surface area contributed by atoms with Crippen molar-refractivity contribution in [1.82, 2.24) is 0 Å². The SMILES string of the molecule is CCCCCCCCC1CCC(C2CCC(C3CCC(CCF)CC3)CC2)CC1. The Balaban J connectivity index is 1.25. The third-order valence-corrected chi connectivity index (χ3v) is 9.42. The van der Waals surface area contributed by atoms with Crippen LogP contribution in [0, 0.1) is 35.5 Å². The van der Waals surface area contributed by atoms with Gasteiger partial charge in [-0.3, -0.25) is 4.39 Å². The zero-order valence-electron chi connectivity index (χ0n) is 19.7. The molecule has 0 unspecified atom stereocenters. The summed E-state index contributed by atoms with van der Waals surface area (Å²) in [6, 6.07) is 0. The quantitative estimate of drug-likeness (QED) is 0.300. The van der Waals surface area contributed by atoms with Gasteiger partial charge in [-0.15, -0.1) is 0 Å². The van der Waals surface area contributed by atoms with Gasteiger partial charge in [-0.05, 0) is 93.3 Å². The highest BCUT2D eigenvalue weighted by Gasteiger charge is 2.34. The van der Waals surface area contributed by atoms with E-state index >= 15 is 0 Å². The molecule has 1 heteroatoms. The summed E-state index contributed by atoms with van der Waals surface area (Å²) >= 11 is 0. The summed E-state index contributed by atoms with van der Waals surface area (Å²) in [6.45, 7) is 2.22. The Morgan fingerprint density at radius 1 is 0.483 bits per heavy atom. The van der Waals surface area contributed by atoms with Gasteiger partial charge in [-0.25, -0.2) is 0 Å². The largest absolute Gasteiger partial charge is 0.251 e. The molecule has 0 saturated heterocycles. The number of hydrogen-bond donors (Lipinski definition) is 0. The third kappa shape index (κ3) is 7.84. The molecule has 3 rings (SSSR count). The molecular formula is C28H51F. The van der Waals surface area contributed by atoms with Gasteiger partial charge in [0, 0.05) is 0 Å². The van der Waals surface area contributed by atoms with Crippen LogP contribution in [0.15, 0.2) is 0 Å². The van der Waals surface area contributed by atoms with E-state index in [1.165, 1.54) is 109 Å². The average Bonchev–Trinajstić information content (AvgIpc) is 2.78. The Morgan fingerprint density at radius 3 is 1.31 bits per heavy atom. The van der Waals surface area contributed by atoms with Gasteiger partial charge < -0.3 is 0 Å². The van der Waals surface area contributed by atoms with Crippen molar-refractivity contribution in [3.05, 3.63) is 0 Å². The van der Waals surface area contributed by atoms with Gasteiger partial charge in [0.25, 0.3) is 0 Å². The molecule has 0 nitrogen and oxygen atoms in total. The van der Waals surface area contributed by atoms with Gasteiger partial charge in [0.15, 0.2) is 0 Å². The first-order chi connectivity index (χ1) is 14.3. The van der Waals surface area contributed by atoms with E-state index in [2.05, 4.69) is 6.92 Å². The fourth-order valence-corrected chi connectivity index (χ4v) is 7.35. The van der Waals surface area contributed by atoms with Crippen molar-refractivity contribution in [2.75, 3.05) is 6.67 Å². The molecule has 3 aliphatic carbocycles. The number of unbranched alkanes of at least 4 members (excludes halogenated alkanes) is 5. The third-order valence-electron chi connectivity index (χ3n) is 9.42. The first-order valence-electron chi connectivity index (χ1n) is 13.9. The number of alkyl halides is 1. The molecule has 0 amide bonds. The first-order valence-corrected chi connectivity index (χ1v) is 13.9. The summed E-state index contributed by atoms with van der Waals surface area (Å²) in [5, 5.41) is 0. The van der Waals surface area contributed by atoms with Crippen LogP contribution in [0.4, 0.5) is 4.39 Å². The second-order valence-corrected chi connectivity index (χ2v) is 11.3. The van der Waals surface area contributed by atoms with E-state index in [-0.39, 0.29) is 6.67 Å². The highest BCUT2D eigenvalue weighted by molar-refractivity contribution is 4.85. The van der Waals surface area contributed by atoms with Crippen LogP contribution in [0.3, 0.4) is 0 Å². The van der Waals surface area contributed by atoms with Crippen LogP contribution in [0.1, 0.15) is 135 Å². The first kappa shape index (κ1) is 23.6. The van der Waals surface area contributed by atoms with E-state index in [9.17, 15) is 4.39 Å². The Bertz CT molecular complexity index is 395. The minimum atomic E-state index is -0.0956. The van der Waals surface area contributed by atoms with E-state index in [0.717, 1.165) is 36.0 Å². The van der Waals surface area contributed by atoms with E-state index in [1.807, 2.05) is 0 Å². The second kappa shape index (κ2) is 13.4. The van der Waals surface area contributed by atoms with Crippen LogP contribution in [0.5, 0.6) is 0 Å². The number of halogens is 1. The van der Waals surface area contributed by atoms with Crippen molar-refractivity contribution in [3.63, 3.8) is 0 Å². The van der Waals surface area contributed by atoms with Gasteiger partial charge in [0.1, 0.15) is 0 Å². The van der Waals surface area contributed by atoms with Crippen molar-refractivity contribution >= 4 is 0 Å². The summed E-state index contributed by atoms with van der Waals surface area (Å²) in [7, 11) is 0. The maximum absolute atomic E-state index is 12.6. The fraction of sp³-hybridized carbons (Fsp3) is 1.00. The average molecular weight is 407 g/mol. The van der Waals surface area contributed by atoms with Gasteiger partial charge in [-0.2, -0.15) is 0 Å². The molecule has 3 saturated carbocycles. The molecule has 0 N–H and O–H groups in total. The molecule has 0 radical (unpaired) electrons. The molecular weight excluding hydrogens is 355 g/mol. The predicted molar refractivity (Wildman–Crippen MR) is 125 cm³/mol. The van der Waals surface area contributed by atoms with E-state index in [0.29, 0.717) is 5.92 Å². The molecule has 3 fully saturated rings. The zero-order chi connectivity index (χ0) is 20.3. The molecule has 0 aromatic rings. The molecule has 0 aromatic carbocycles. The Labute approximate surface area is 182 Å². The molecule has 3 aliphatic rings. The van der Waals surface area contributed by atoms with Gasteiger partial charge >= 0.3 is 0 Å². The lowest BCUT2D eigenvalue weighted by atomic mass is 9.64. The lowest BCUT2D eigenvalue weighted by Gasteiger charge is -2.41. The van der Waals surface area contributed by atoms with Crippen molar-refractivity contribution in [2.24, 2.45) is 35.5 Å². The van der Waals surface area contributed by atoms with Gasteiger partial charge in [0.2, 0.25) is 0 Å². The monoisotopic (exact) mass is 406 g/mol. The molecule has 0 bridgehead atoms. The fourth-order valence-electron chi connectivity index (χ4n) is 7.35. The van der Waals surface area contributed by atoms with Crippen LogP contribution in [-0.4, -0.2) is 6.67 Å². The van der Waals surface area contributed by atoms with Crippen molar-refractivity contribution in [2.45, 2.75) is 135 Å². The zero-order valence-corrected chi connectivity index (χ0v) is 19.7. The molecule has 0 atom stereocenters. The maximum Gasteiger partial charge on any atom is 0.0897 e. The molecule has 0 spiro atoms. The molecule has 0 aromatic heterocycles. The van der Waals surface area contributed by atoms with Crippen LogP contribution in [0.2, 0.25) is 0 Å². The number of hydrogen-bond acceptors (Lipinski definition) is 0. The van der Waals surface area contributed by atoms with Gasteiger partial charge in [-0.1, -0.05) is 77.6 Å². The summed E-state index contributed by atoms with van der Waals surface area (Å²) in [4.78, 5) is 0. The predicted octanol–water partition coefficient (Wildman–Crippen LogP) is 9.52. The highest BCUT2D eigenvalue weighted by atomic mass is 19.1. The van der Waals surface area contributed by atoms with Crippen molar-refractivity contribution < 1.29 is 4.39 Å². The summed E-state index contributed by atoms with van der Waals surface area (Å²) in [5.41, 5.74) is 0. The minimum Gasteiger partial charge on any atom is -0.251 e. The van der Waals surface area contributed by atoms with E-state index in [1.54, 1.807) is 12.8 Å². The minimum absolute atomic E-state index is 0.0956. The van der Waals surface area contributed by atoms with Crippen LogP contribution >= 0.6 is 0 Å². The maximum atomic E-state index is 12.6. The smallest absolute Gasteiger partial charge is 0.0897 e. The molecule has 0 heterocycles. The van der Waals surface area contributed by atoms with E-state index < -0.39 is 0 Å². The van der Waals surface area contributed by atoms with Crippen LogP contribution < -0.4 is 0 Å². The summed E-state index contributed by atoms with van der Waals surface area (Å²) in [6.07, 6.45) is 28.8. The normalized spacial score (nSPS) is 36.2. The van der Waals surface area contributed by atoms with E-state index in [4.69, 9.17) is 0 Å². The van der Waals surface area contributed by atoms with Crippen LogP contribution in [0.25, 0.3) is 0 Å². The Morgan fingerprint density at radius 2 is 0.862 bits per heavy atom. The Hall–Kier alpha value is -0.0700. The van der Waals surface area contributed by atoms with Crippen molar-refractivity contribution in [3.8, 4) is 0 Å². The second-order valence-electron chi connectivity index (χ2n) is 11.3. The van der Waals surface area contributed by atoms with Gasteiger partial charge in [0.05, 0.1) is 6.67 Å². The molecule has 170 valence electrons. The molecule has 0 aliphatic heterocycles. The Kier molecular flexibility index (Phi) is 10.9. The topological polar surface area (TPSA) is 0 Å².